The van der Waals surface area contributed by atoms with E-state index in [1.807, 2.05) is 24.0 Å². The fraction of sp³-hybridized carbons (Fsp3) is 0.400. The third-order valence-electron chi connectivity index (χ3n) is 3.81. The standard InChI is InChI=1S/C15H17N3O3S/c1-9-2-3-11(21-9)8-12-14(20)17-15(22-12)18-6-4-10(5-7-18)13(16)19/h2-3,8,10H,4-7H2,1H3,(H2,16,19). The van der Waals surface area contributed by atoms with Gasteiger partial charge in [0, 0.05) is 25.1 Å². The van der Waals surface area contributed by atoms with Crippen LogP contribution in [0.3, 0.4) is 0 Å². The molecule has 0 unspecified atom stereocenters. The highest BCUT2D eigenvalue weighted by Gasteiger charge is 2.30. The summed E-state index contributed by atoms with van der Waals surface area (Å²) < 4.78 is 5.46. The summed E-state index contributed by atoms with van der Waals surface area (Å²) in [6.07, 6.45) is 3.13. The Hall–Kier alpha value is -2.02. The lowest BCUT2D eigenvalue weighted by molar-refractivity contribution is -0.123. The van der Waals surface area contributed by atoms with E-state index in [4.69, 9.17) is 10.2 Å². The molecule has 2 N–H and O–H groups in total. The molecule has 0 radical (unpaired) electrons. The Morgan fingerprint density at radius 1 is 1.45 bits per heavy atom. The Kier molecular flexibility index (Phi) is 4.06. The summed E-state index contributed by atoms with van der Waals surface area (Å²) in [4.78, 5) is 29.9. The van der Waals surface area contributed by atoms with E-state index in [2.05, 4.69) is 4.99 Å². The van der Waals surface area contributed by atoms with E-state index in [1.165, 1.54) is 11.8 Å². The molecule has 1 saturated heterocycles. The molecule has 2 amide bonds. The Bertz CT molecular complexity index is 669. The predicted octanol–water partition coefficient (Wildman–Crippen LogP) is 1.76. The van der Waals surface area contributed by atoms with E-state index < -0.39 is 0 Å². The van der Waals surface area contributed by atoms with E-state index in [0.29, 0.717) is 41.8 Å². The number of amidine groups is 1. The van der Waals surface area contributed by atoms with Gasteiger partial charge in [0.25, 0.3) is 5.91 Å². The summed E-state index contributed by atoms with van der Waals surface area (Å²) >= 11 is 1.35. The monoisotopic (exact) mass is 319 g/mol. The summed E-state index contributed by atoms with van der Waals surface area (Å²) in [6, 6.07) is 3.68. The molecule has 1 aromatic heterocycles. The van der Waals surface area contributed by atoms with E-state index in [-0.39, 0.29) is 17.7 Å². The fourth-order valence-electron chi connectivity index (χ4n) is 2.55. The Labute approximate surface area is 132 Å². The van der Waals surface area contributed by atoms with Crippen molar-refractivity contribution in [3.63, 3.8) is 0 Å². The quantitative estimate of drug-likeness (QED) is 0.839. The number of hydrogen-bond donors (Lipinski definition) is 1. The van der Waals surface area contributed by atoms with E-state index in [1.54, 1.807) is 6.08 Å². The first-order valence-electron chi connectivity index (χ1n) is 7.16. The fourth-order valence-corrected chi connectivity index (χ4v) is 3.49. The summed E-state index contributed by atoms with van der Waals surface area (Å²) in [6.45, 7) is 3.25. The van der Waals surface area contributed by atoms with Gasteiger partial charge in [-0.25, -0.2) is 0 Å². The van der Waals surface area contributed by atoms with Gasteiger partial charge in [-0.05, 0) is 43.7 Å². The van der Waals surface area contributed by atoms with Gasteiger partial charge >= 0.3 is 0 Å². The van der Waals surface area contributed by atoms with E-state index >= 15 is 0 Å². The number of nitrogens with two attached hydrogens (primary N) is 1. The number of aryl methyl sites for hydroxylation is 1. The van der Waals surface area contributed by atoms with Crippen LogP contribution >= 0.6 is 11.8 Å². The number of likely N-dealkylation sites (tertiary alicyclic amines) is 1. The molecule has 1 fully saturated rings. The average Bonchev–Trinajstić information content (AvgIpc) is 3.06. The molecule has 22 heavy (non-hydrogen) atoms. The smallest absolute Gasteiger partial charge is 0.286 e. The van der Waals surface area contributed by atoms with Crippen LogP contribution < -0.4 is 5.73 Å². The number of nitrogens with zero attached hydrogens (tertiary/aromatic N) is 2. The van der Waals surface area contributed by atoms with Crippen LogP contribution in [0.4, 0.5) is 0 Å². The number of piperidine rings is 1. The third kappa shape index (κ3) is 3.09. The van der Waals surface area contributed by atoms with Gasteiger partial charge in [0.1, 0.15) is 11.5 Å². The zero-order chi connectivity index (χ0) is 15.7. The molecule has 116 valence electrons. The molecule has 0 bridgehead atoms. The minimum Gasteiger partial charge on any atom is -0.462 e. The lowest BCUT2D eigenvalue weighted by atomic mass is 9.97. The summed E-state index contributed by atoms with van der Waals surface area (Å²) in [7, 11) is 0. The Balaban J connectivity index is 1.66. The van der Waals surface area contributed by atoms with Crippen molar-refractivity contribution in [2.24, 2.45) is 16.6 Å². The highest BCUT2D eigenvalue weighted by atomic mass is 32.2. The molecule has 0 saturated carbocycles. The van der Waals surface area contributed by atoms with Gasteiger partial charge in [0.15, 0.2) is 5.17 Å². The predicted molar refractivity (Wildman–Crippen MR) is 84.9 cm³/mol. The second kappa shape index (κ2) is 6.00. The van der Waals surface area contributed by atoms with E-state index in [0.717, 1.165) is 5.76 Å². The third-order valence-corrected chi connectivity index (χ3v) is 4.86. The topological polar surface area (TPSA) is 88.9 Å². The van der Waals surface area contributed by atoms with Crippen LogP contribution in [-0.2, 0) is 9.59 Å². The number of amides is 2. The van der Waals surface area contributed by atoms with Crippen LogP contribution in [0.5, 0.6) is 0 Å². The first-order chi connectivity index (χ1) is 10.5. The molecule has 6 nitrogen and oxygen atoms in total. The molecule has 0 aromatic carbocycles. The number of carbonyl (C=O) groups excluding carboxylic acids is 2. The molecule has 2 aliphatic rings. The van der Waals surface area contributed by atoms with Crippen molar-refractivity contribution in [1.29, 1.82) is 0 Å². The lowest BCUT2D eigenvalue weighted by Crippen LogP contribution is -2.40. The maximum Gasteiger partial charge on any atom is 0.286 e. The number of hydrogen-bond acceptors (Lipinski definition) is 5. The molecule has 3 rings (SSSR count). The second-order valence-corrected chi connectivity index (χ2v) is 6.43. The Morgan fingerprint density at radius 3 is 2.77 bits per heavy atom. The van der Waals surface area contributed by atoms with Crippen molar-refractivity contribution in [3.05, 3.63) is 28.6 Å². The van der Waals surface area contributed by atoms with Crippen LogP contribution in [0.1, 0.15) is 24.4 Å². The van der Waals surface area contributed by atoms with Crippen molar-refractivity contribution < 1.29 is 14.0 Å². The molecule has 2 aliphatic heterocycles. The summed E-state index contributed by atoms with van der Waals surface area (Å²) in [5.41, 5.74) is 5.33. The van der Waals surface area contributed by atoms with Gasteiger partial charge in [0.05, 0.1) is 4.91 Å². The largest absolute Gasteiger partial charge is 0.462 e. The molecular weight excluding hydrogens is 302 g/mol. The van der Waals surface area contributed by atoms with Crippen LogP contribution in [0, 0.1) is 12.8 Å². The van der Waals surface area contributed by atoms with Crippen LogP contribution in [0.25, 0.3) is 6.08 Å². The summed E-state index contributed by atoms with van der Waals surface area (Å²) in [5, 5.41) is 0.697. The normalized spacial score (nSPS) is 21.5. The number of furan rings is 1. The SMILES string of the molecule is Cc1ccc(C=C2SC(N3CCC(C(N)=O)CC3)=NC2=O)o1. The van der Waals surface area contributed by atoms with Crippen molar-refractivity contribution in [2.45, 2.75) is 19.8 Å². The van der Waals surface area contributed by atoms with Gasteiger partial charge in [-0.2, -0.15) is 4.99 Å². The highest BCUT2D eigenvalue weighted by Crippen LogP contribution is 2.32. The van der Waals surface area contributed by atoms with Crippen molar-refractivity contribution in [1.82, 2.24) is 4.90 Å². The zero-order valence-corrected chi connectivity index (χ0v) is 13.1. The van der Waals surface area contributed by atoms with Gasteiger partial charge in [-0.15, -0.1) is 0 Å². The van der Waals surface area contributed by atoms with Gasteiger partial charge in [-0.3, -0.25) is 9.59 Å². The van der Waals surface area contributed by atoms with Gasteiger partial charge < -0.3 is 15.1 Å². The van der Waals surface area contributed by atoms with Gasteiger partial charge in [-0.1, -0.05) is 0 Å². The maximum atomic E-state index is 12.0. The first kappa shape index (κ1) is 14.9. The minimum absolute atomic E-state index is 0.0694. The second-order valence-electron chi connectivity index (χ2n) is 5.42. The number of thioether (sulfide) groups is 1. The number of primary amides is 1. The van der Waals surface area contributed by atoms with Crippen molar-refractivity contribution in [2.75, 3.05) is 13.1 Å². The molecule has 0 atom stereocenters. The molecule has 0 spiro atoms. The number of carbonyl (C=O) groups is 2. The van der Waals surface area contributed by atoms with Crippen LogP contribution in [0.2, 0.25) is 0 Å². The maximum absolute atomic E-state index is 12.0. The van der Waals surface area contributed by atoms with Crippen molar-refractivity contribution >= 4 is 34.8 Å². The molecule has 7 heteroatoms. The number of aliphatic imine (C=N–C) groups is 1. The van der Waals surface area contributed by atoms with E-state index in [9.17, 15) is 9.59 Å². The van der Waals surface area contributed by atoms with Gasteiger partial charge in [0.2, 0.25) is 5.91 Å². The summed E-state index contributed by atoms with van der Waals surface area (Å²) in [5.74, 6) is 0.894. The lowest BCUT2D eigenvalue weighted by Gasteiger charge is -2.31. The minimum atomic E-state index is -0.245. The molecular formula is C15H17N3O3S. The first-order valence-corrected chi connectivity index (χ1v) is 7.98. The zero-order valence-electron chi connectivity index (χ0n) is 12.2. The molecule has 1 aromatic rings. The number of rotatable bonds is 2. The Morgan fingerprint density at radius 2 is 2.18 bits per heavy atom. The average molecular weight is 319 g/mol. The molecule has 0 aliphatic carbocycles. The highest BCUT2D eigenvalue weighted by molar-refractivity contribution is 8.18. The molecule has 3 heterocycles. The van der Waals surface area contributed by atoms with Crippen LogP contribution in [0.15, 0.2) is 26.4 Å². The van der Waals surface area contributed by atoms with Crippen LogP contribution in [-0.4, -0.2) is 35.0 Å². The van der Waals surface area contributed by atoms with Crippen molar-refractivity contribution in [3.8, 4) is 0 Å².